The predicted molar refractivity (Wildman–Crippen MR) is 79.8 cm³/mol. The summed E-state index contributed by atoms with van der Waals surface area (Å²) in [7, 11) is -3.37. The van der Waals surface area contributed by atoms with Crippen molar-refractivity contribution in [2.75, 3.05) is 13.1 Å². The van der Waals surface area contributed by atoms with Crippen LogP contribution in [0.3, 0.4) is 0 Å². The van der Waals surface area contributed by atoms with E-state index in [1.54, 1.807) is 4.31 Å². The Balaban J connectivity index is 1.79. The van der Waals surface area contributed by atoms with Gasteiger partial charge in [0.25, 0.3) is 10.2 Å². The maximum atomic E-state index is 12.4. The molecule has 1 heterocycles. The molecule has 4 nitrogen and oxygen atoms in total. The van der Waals surface area contributed by atoms with Crippen molar-refractivity contribution in [2.24, 2.45) is 5.92 Å². The van der Waals surface area contributed by atoms with E-state index < -0.39 is 10.2 Å². The van der Waals surface area contributed by atoms with Crippen LogP contribution in [0.2, 0.25) is 5.02 Å². The fraction of sp³-hybridized carbons (Fsp3) is 0.571. The van der Waals surface area contributed by atoms with Crippen LogP contribution >= 0.6 is 11.6 Å². The highest BCUT2D eigenvalue weighted by molar-refractivity contribution is 7.87. The van der Waals surface area contributed by atoms with Gasteiger partial charge in [-0.15, -0.1) is 0 Å². The van der Waals surface area contributed by atoms with Gasteiger partial charge in [-0.3, -0.25) is 0 Å². The molecule has 1 saturated carbocycles. The fourth-order valence-corrected chi connectivity index (χ4v) is 4.36. The summed E-state index contributed by atoms with van der Waals surface area (Å²) in [4.78, 5) is 0. The van der Waals surface area contributed by atoms with Crippen LogP contribution < -0.4 is 4.72 Å². The second-order valence-corrected chi connectivity index (χ2v) is 7.73. The van der Waals surface area contributed by atoms with Gasteiger partial charge in [0.1, 0.15) is 0 Å². The van der Waals surface area contributed by atoms with Gasteiger partial charge in [0.05, 0.1) is 6.04 Å². The molecule has 0 amide bonds. The molecule has 1 saturated heterocycles. The number of rotatable bonds is 5. The maximum Gasteiger partial charge on any atom is 0.280 e. The summed E-state index contributed by atoms with van der Waals surface area (Å²) in [6.07, 6.45) is 4.07. The monoisotopic (exact) mass is 314 g/mol. The third-order valence-electron chi connectivity index (χ3n) is 4.00. The lowest BCUT2D eigenvalue weighted by Gasteiger charge is -2.23. The Hall–Kier alpha value is -0.620. The molecule has 0 aromatic heterocycles. The summed E-state index contributed by atoms with van der Waals surface area (Å²) in [5.74, 6) is 0.411. The highest BCUT2D eigenvalue weighted by Crippen LogP contribution is 2.41. The smallest absolute Gasteiger partial charge is 0.195 e. The zero-order valence-corrected chi connectivity index (χ0v) is 12.8. The van der Waals surface area contributed by atoms with E-state index in [2.05, 4.69) is 4.72 Å². The van der Waals surface area contributed by atoms with Gasteiger partial charge < -0.3 is 0 Å². The first kappa shape index (κ1) is 14.3. The van der Waals surface area contributed by atoms with Crippen molar-refractivity contribution in [2.45, 2.75) is 31.7 Å². The van der Waals surface area contributed by atoms with E-state index >= 15 is 0 Å². The van der Waals surface area contributed by atoms with Crippen LogP contribution in [-0.2, 0) is 10.2 Å². The number of nitrogens with one attached hydrogen (secondary N) is 1. The molecule has 110 valence electrons. The predicted octanol–water partition coefficient (Wildman–Crippen LogP) is 2.72. The number of nitrogens with zero attached hydrogens (tertiary/aromatic N) is 1. The lowest BCUT2D eigenvalue weighted by atomic mass is 10.0. The highest BCUT2D eigenvalue weighted by atomic mass is 35.5. The van der Waals surface area contributed by atoms with Crippen molar-refractivity contribution in [1.29, 1.82) is 0 Å². The summed E-state index contributed by atoms with van der Waals surface area (Å²) >= 11 is 5.90. The van der Waals surface area contributed by atoms with Crippen LogP contribution in [0, 0.1) is 5.92 Å². The van der Waals surface area contributed by atoms with Gasteiger partial charge in [0.2, 0.25) is 0 Å². The largest absolute Gasteiger partial charge is 0.280 e. The second kappa shape index (κ2) is 5.64. The third kappa shape index (κ3) is 3.17. The molecule has 1 unspecified atom stereocenters. The Bertz CT molecular complexity index is 563. The van der Waals surface area contributed by atoms with Gasteiger partial charge in [-0.05, 0) is 49.3 Å². The summed E-state index contributed by atoms with van der Waals surface area (Å²) in [6, 6.07) is 7.33. The molecule has 1 aromatic carbocycles. The number of halogens is 1. The fourth-order valence-electron chi connectivity index (χ4n) is 2.70. The molecule has 6 heteroatoms. The van der Waals surface area contributed by atoms with Crippen LogP contribution in [0.25, 0.3) is 0 Å². The van der Waals surface area contributed by atoms with E-state index in [0.29, 0.717) is 24.0 Å². The molecule has 1 N–H and O–H groups in total. The quantitative estimate of drug-likeness (QED) is 0.908. The van der Waals surface area contributed by atoms with Gasteiger partial charge >= 0.3 is 0 Å². The molecule has 3 rings (SSSR count). The normalized spacial score (nSPS) is 22.1. The minimum absolute atomic E-state index is 0.127. The van der Waals surface area contributed by atoms with Crippen LogP contribution in [0.15, 0.2) is 24.3 Å². The average molecular weight is 315 g/mol. The summed E-state index contributed by atoms with van der Waals surface area (Å²) in [6.45, 7) is 1.26. The van der Waals surface area contributed by atoms with Crippen LogP contribution in [-0.4, -0.2) is 25.8 Å². The Labute approximate surface area is 125 Å². The highest BCUT2D eigenvalue weighted by Gasteiger charge is 2.37. The topological polar surface area (TPSA) is 49.4 Å². The van der Waals surface area contributed by atoms with Gasteiger partial charge in [0, 0.05) is 18.1 Å². The Morgan fingerprint density at radius 1 is 1.15 bits per heavy atom. The first-order valence-electron chi connectivity index (χ1n) is 7.09. The Morgan fingerprint density at radius 2 is 1.75 bits per heavy atom. The lowest BCUT2D eigenvalue weighted by molar-refractivity contribution is 0.444. The van der Waals surface area contributed by atoms with Crippen molar-refractivity contribution in [3.63, 3.8) is 0 Å². The molecule has 1 aliphatic carbocycles. The zero-order chi connectivity index (χ0) is 14.2. The lowest BCUT2D eigenvalue weighted by Crippen LogP contribution is -2.41. The van der Waals surface area contributed by atoms with Crippen molar-refractivity contribution in [3.8, 4) is 0 Å². The minimum atomic E-state index is -3.37. The minimum Gasteiger partial charge on any atom is -0.195 e. The molecular formula is C14H19ClN2O2S. The van der Waals surface area contributed by atoms with Crippen molar-refractivity contribution in [3.05, 3.63) is 34.9 Å². The zero-order valence-electron chi connectivity index (χ0n) is 11.3. The standard InChI is InChI=1S/C14H19ClN2O2S/c15-13-7-5-12(6-8-13)14(11-3-4-11)16-20(18,19)17-9-1-2-10-17/h5-8,11,14,16H,1-4,9-10H2. The molecular weight excluding hydrogens is 296 g/mol. The molecule has 1 aromatic rings. The Morgan fingerprint density at radius 3 is 2.30 bits per heavy atom. The van der Waals surface area contributed by atoms with E-state index in [1.165, 1.54) is 0 Å². The van der Waals surface area contributed by atoms with E-state index in [0.717, 1.165) is 31.2 Å². The summed E-state index contributed by atoms with van der Waals surface area (Å²) in [5, 5.41) is 0.672. The number of hydrogen-bond acceptors (Lipinski definition) is 2. The number of hydrogen-bond donors (Lipinski definition) is 1. The van der Waals surface area contributed by atoms with E-state index in [-0.39, 0.29) is 6.04 Å². The van der Waals surface area contributed by atoms with E-state index in [1.807, 2.05) is 24.3 Å². The molecule has 1 atom stereocenters. The van der Waals surface area contributed by atoms with E-state index in [9.17, 15) is 8.42 Å². The molecule has 0 spiro atoms. The van der Waals surface area contributed by atoms with Gasteiger partial charge in [0.15, 0.2) is 0 Å². The third-order valence-corrected chi connectivity index (χ3v) is 5.85. The Kier molecular flexibility index (Phi) is 4.04. The van der Waals surface area contributed by atoms with Gasteiger partial charge in [-0.2, -0.15) is 17.4 Å². The van der Waals surface area contributed by atoms with Crippen LogP contribution in [0.4, 0.5) is 0 Å². The summed E-state index contributed by atoms with van der Waals surface area (Å²) in [5.41, 5.74) is 1.000. The van der Waals surface area contributed by atoms with Crippen molar-refractivity contribution >= 4 is 21.8 Å². The van der Waals surface area contributed by atoms with Gasteiger partial charge in [-0.25, -0.2) is 0 Å². The SMILES string of the molecule is O=S(=O)(NC(c1ccc(Cl)cc1)C1CC1)N1CCCC1. The van der Waals surface area contributed by atoms with Crippen LogP contribution in [0.5, 0.6) is 0 Å². The first-order chi connectivity index (χ1) is 9.56. The maximum absolute atomic E-state index is 12.4. The van der Waals surface area contributed by atoms with Crippen molar-refractivity contribution in [1.82, 2.24) is 9.03 Å². The van der Waals surface area contributed by atoms with E-state index in [4.69, 9.17) is 11.6 Å². The number of benzene rings is 1. The molecule has 2 fully saturated rings. The first-order valence-corrected chi connectivity index (χ1v) is 8.91. The average Bonchev–Trinajstić information content (AvgIpc) is 3.10. The molecule has 20 heavy (non-hydrogen) atoms. The van der Waals surface area contributed by atoms with Crippen molar-refractivity contribution < 1.29 is 8.42 Å². The molecule has 2 aliphatic rings. The van der Waals surface area contributed by atoms with Crippen LogP contribution in [0.1, 0.15) is 37.3 Å². The molecule has 1 aliphatic heterocycles. The summed E-state index contributed by atoms with van der Waals surface area (Å²) < 4.78 is 29.3. The molecule has 0 bridgehead atoms. The van der Waals surface area contributed by atoms with Gasteiger partial charge in [-0.1, -0.05) is 23.7 Å². The molecule has 0 radical (unpaired) electrons. The second-order valence-electron chi connectivity index (χ2n) is 5.60.